The van der Waals surface area contributed by atoms with Gasteiger partial charge in [-0.05, 0) is 43.9 Å². The molecule has 0 spiro atoms. The number of aliphatic hydroxyl groups is 1. The molecule has 2 aliphatic carbocycles. The van der Waals surface area contributed by atoms with Gasteiger partial charge in [0, 0.05) is 12.6 Å². The maximum absolute atomic E-state index is 9.79. The quantitative estimate of drug-likeness (QED) is 0.629. The Labute approximate surface area is 111 Å². The lowest BCUT2D eigenvalue weighted by atomic mass is 9.95. The molecule has 2 rings (SSSR count). The molecule has 0 aromatic carbocycles. The summed E-state index contributed by atoms with van der Waals surface area (Å²) >= 11 is 0. The fourth-order valence-corrected chi connectivity index (χ4v) is 2.79. The fraction of sp³-hybridized carbons (Fsp3) is 1.00. The average molecular weight is 255 g/mol. The van der Waals surface area contributed by atoms with Crippen LogP contribution in [-0.2, 0) is 4.74 Å². The third kappa shape index (κ3) is 3.94. The lowest BCUT2D eigenvalue weighted by Gasteiger charge is -2.34. The Hall–Kier alpha value is -0.120. The van der Waals surface area contributed by atoms with Gasteiger partial charge in [-0.25, -0.2) is 0 Å². The number of nitrogens with one attached hydrogen (secondary N) is 1. The highest BCUT2D eigenvalue weighted by atomic mass is 16.5. The van der Waals surface area contributed by atoms with Crippen LogP contribution < -0.4 is 5.32 Å². The van der Waals surface area contributed by atoms with E-state index in [1.165, 1.54) is 38.5 Å². The summed E-state index contributed by atoms with van der Waals surface area (Å²) in [6.45, 7) is 6.19. The Morgan fingerprint density at radius 3 is 2.56 bits per heavy atom. The van der Waals surface area contributed by atoms with E-state index >= 15 is 0 Å². The van der Waals surface area contributed by atoms with Crippen LogP contribution in [0, 0.1) is 11.8 Å². The predicted molar refractivity (Wildman–Crippen MR) is 73.6 cm³/mol. The van der Waals surface area contributed by atoms with E-state index in [1.807, 2.05) is 0 Å². The molecule has 18 heavy (non-hydrogen) atoms. The molecule has 2 unspecified atom stereocenters. The molecule has 0 amide bonds. The number of ether oxygens (including phenoxy) is 1. The second kappa shape index (κ2) is 6.36. The molecule has 0 heterocycles. The van der Waals surface area contributed by atoms with E-state index in [9.17, 15) is 5.11 Å². The van der Waals surface area contributed by atoms with Crippen LogP contribution in [-0.4, -0.2) is 36.5 Å². The Bertz CT molecular complexity index is 251. The maximum atomic E-state index is 9.79. The molecule has 0 aromatic heterocycles. The molecule has 2 fully saturated rings. The van der Waals surface area contributed by atoms with Crippen molar-refractivity contribution in [3.8, 4) is 0 Å². The molecule has 0 saturated heterocycles. The molecule has 0 aromatic rings. The van der Waals surface area contributed by atoms with Crippen LogP contribution in [0.15, 0.2) is 0 Å². The zero-order valence-electron chi connectivity index (χ0n) is 12.0. The first-order valence-electron chi connectivity index (χ1n) is 7.66. The highest BCUT2D eigenvalue weighted by Gasteiger charge is 2.47. The summed E-state index contributed by atoms with van der Waals surface area (Å²) in [7, 11) is 0. The Kier molecular flexibility index (Phi) is 5.05. The maximum Gasteiger partial charge on any atom is 0.0681 e. The first-order valence-corrected chi connectivity index (χ1v) is 7.66. The second-order valence-electron chi connectivity index (χ2n) is 6.42. The van der Waals surface area contributed by atoms with Gasteiger partial charge in [0.05, 0.1) is 18.8 Å². The van der Waals surface area contributed by atoms with Gasteiger partial charge in [-0.15, -0.1) is 0 Å². The zero-order valence-corrected chi connectivity index (χ0v) is 12.0. The van der Waals surface area contributed by atoms with Crippen LogP contribution in [0.1, 0.15) is 52.4 Å². The zero-order chi connectivity index (χ0) is 13.0. The minimum Gasteiger partial charge on any atom is -0.394 e. The molecular formula is C15H29NO2. The van der Waals surface area contributed by atoms with Gasteiger partial charge in [-0.3, -0.25) is 0 Å². The molecule has 2 atom stereocenters. The summed E-state index contributed by atoms with van der Waals surface area (Å²) in [5.41, 5.74) is -0.146. The smallest absolute Gasteiger partial charge is 0.0681 e. The van der Waals surface area contributed by atoms with Crippen LogP contribution in [0.25, 0.3) is 0 Å². The van der Waals surface area contributed by atoms with Gasteiger partial charge in [0.2, 0.25) is 0 Å². The largest absolute Gasteiger partial charge is 0.394 e. The monoisotopic (exact) mass is 255 g/mol. The summed E-state index contributed by atoms with van der Waals surface area (Å²) in [6.07, 6.45) is 7.47. The van der Waals surface area contributed by atoms with Gasteiger partial charge in [0.25, 0.3) is 0 Å². The van der Waals surface area contributed by atoms with Crippen molar-refractivity contribution in [2.75, 3.05) is 19.8 Å². The summed E-state index contributed by atoms with van der Waals surface area (Å²) < 4.78 is 5.91. The standard InChI is InChI=1S/C15H29NO2/c1-3-4-12(2)9-18-11-15(10-17,13-5-6-13)16-14-7-8-14/h12-14,16-17H,3-11H2,1-2H3. The lowest BCUT2D eigenvalue weighted by molar-refractivity contribution is 0.00986. The molecular weight excluding hydrogens is 226 g/mol. The molecule has 3 heteroatoms. The van der Waals surface area contributed by atoms with E-state index in [1.54, 1.807) is 0 Å². The van der Waals surface area contributed by atoms with Crippen LogP contribution in [0.4, 0.5) is 0 Å². The Morgan fingerprint density at radius 2 is 2.06 bits per heavy atom. The third-order valence-electron chi connectivity index (χ3n) is 4.25. The number of hydrogen-bond acceptors (Lipinski definition) is 3. The summed E-state index contributed by atoms with van der Waals surface area (Å²) in [5.74, 6) is 1.26. The molecule has 2 N–H and O–H groups in total. The second-order valence-corrected chi connectivity index (χ2v) is 6.42. The fourth-order valence-electron chi connectivity index (χ4n) is 2.79. The van der Waals surface area contributed by atoms with Crippen molar-refractivity contribution in [2.24, 2.45) is 11.8 Å². The van der Waals surface area contributed by atoms with Gasteiger partial charge < -0.3 is 15.2 Å². The summed E-state index contributed by atoms with van der Waals surface area (Å²) in [5, 5.41) is 13.4. The van der Waals surface area contributed by atoms with Gasteiger partial charge in [0.15, 0.2) is 0 Å². The topological polar surface area (TPSA) is 41.5 Å². The molecule has 3 nitrogen and oxygen atoms in total. The molecule has 0 aliphatic heterocycles. The normalized spacial score (nSPS) is 24.8. The van der Waals surface area contributed by atoms with Crippen molar-refractivity contribution in [1.29, 1.82) is 0 Å². The SMILES string of the molecule is CCCC(C)COCC(CO)(NC1CC1)C1CC1. The van der Waals surface area contributed by atoms with Gasteiger partial charge in [-0.2, -0.15) is 0 Å². The van der Waals surface area contributed by atoms with E-state index in [0.29, 0.717) is 24.5 Å². The van der Waals surface area contributed by atoms with Gasteiger partial charge in [-0.1, -0.05) is 20.3 Å². The van der Waals surface area contributed by atoms with Crippen LogP contribution >= 0.6 is 0 Å². The lowest BCUT2D eigenvalue weighted by Crippen LogP contribution is -2.55. The van der Waals surface area contributed by atoms with Crippen molar-refractivity contribution >= 4 is 0 Å². The van der Waals surface area contributed by atoms with Crippen molar-refractivity contribution in [2.45, 2.75) is 64.0 Å². The Balaban J connectivity index is 1.77. The number of rotatable bonds is 10. The van der Waals surface area contributed by atoms with E-state index in [2.05, 4.69) is 19.2 Å². The minimum atomic E-state index is -0.146. The minimum absolute atomic E-state index is 0.146. The first-order chi connectivity index (χ1) is 8.70. The summed E-state index contributed by atoms with van der Waals surface area (Å²) in [4.78, 5) is 0. The third-order valence-corrected chi connectivity index (χ3v) is 4.25. The highest BCUT2D eigenvalue weighted by molar-refractivity contribution is 5.04. The van der Waals surface area contributed by atoms with Crippen LogP contribution in [0.2, 0.25) is 0 Å². The highest BCUT2D eigenvalue weighted by Crippen LogP contribution is 2.41. The van der Waals surface area contributed by atoms with Crippen molar-refractivity contribution in [1.82, 2.24) is 5.32 Å². The first kappa shape index (κ1) is 14.3. The molecule has 0 radical (unpaired) electrons. The van der Waals surface area contributed by atoms with Crippen LogP contribution in [0.3, 0.4) is 0 Å². The molecule has 2 saturated carbocycles. The van der Waals surface area contributed by atoms with Gasteiger partial charge in [0.1, 0.15) is 0 Å². The molecule has 106 valence electrons. The van der Waals surface area contributed by atoms with Gasteiger partial charge >= 0.3 is 0 Å². The van der Waals surface area contributed by atoms with E-state index in [0.717, 1.165) is 6.61 Å². The van der Waals surface area contributed by atoms with Crippen molar-refractivity contribution in [3.63, 3.8) is 0 Å². The predicted octanol–water partition coefficient (Wildman–Crippen LogP) is 2.33. The summed E-state index contributed by atoms with van der Waals surface area (Å²) in [6, 6.07) is 0.634. The number of hydrogen-bond donors (Lipinski definition) is 2. The van der Waals surface area contributed by atoms with E-state index in [4.69, 9.17) is 4.74 Å². The van der Waals surface area contributed by atoms with E-state index in [-0.39, 0.29) is 12.1 Å². The molecule has 0 bridgehead atoms. The van der Waals surface area contributed by atoms with E-state index < -0.39 is 0 Å². The van der Waals surface area contributed by atoms with Crippen LogP contribution in [0.5, 0.6) is 0 Å². The Morgan fingerprint density at radius 1 is 1.33 bits per heavy atom. The van der Waals surface area contributed by atoms with Crippen molar-refractivity contribution < 1.29 is 9.84 Å². The average Bonchev–Trinajstić information content (AvgIpc) is 3.20. The van der Waals surface area contributed by atoms with Crippen molar-refractivity contribution in [3.05, 3.63) is 0 Å². The number of aliphatic hydroxyl groups excluding tert-OH is 1. The molecule has 2 aliphatic rings.